The average Bonchev–Trinajstić information content (AvgIpc) is 3.21. The van der Waals surface area contributed by atoms with Crippen molar-refractivity contribution in [1.29, 1.82) is 0 Å². The first-order valence-electron chi connectivity index (χ1n) is 8.85. The van der Waals surface area contributed by atoms with Crippen molar-refractivity contribution in [2.24, 2.45) is 5.92 Å². The van der Waals surface area contributed by atoms with Gasteiger partial charge in [0.15, 0.2) is 0 Å². The van der Waals surface area contributed by atoms with E-state index >= 15 is 0 Å². The van der Waals surface area contributed by atoms with E-state index in [1.165, 1.54) is 7.11 Å². The van der Waals surface area contributed by atoms with Gasteiger partial charge < -0.3 is 10.1 Å². The highest BCUT2D eigenvalue weighted by Gasteiger charge is 2.27. The van der Waals surface area contributed by atoms with Crippen LogP contribution in [0.2, 0.25) is 0 Å². The van der Waals surface area contributed by atoms with Crippen LogP contribution in [0.5, 0.6) is 0 Å². The molecule has 0 radical (unpaired) electrons. The largest absolute Gasteiger partial charge is 0.469 e. The van der Waals surface area contributed by atoms with Crippen molar-refractivity contribution in [2.75, 3.05) is 26.7 Å². The van der Waals surface area contributed by atoms with Gasteiger partial charge in [0.25, 0.3) is 0 Å². The Balaban J connectivity index is 1.58. The quantitative estimate of drug-likeness (QED) is 0.792. The molecule has 2 heterocycles. The van der Waals surface area contributed by atoms with Gasteiger partial charge in [-0.1, -0.05) is 36.4 Å². The number of likely N-dealkylation sites (tertiary alicyclic amines) is 1. The summed E-state index contributed by atoms with van der Waals surface area (Å²) in [5.41, 5.74) is 1.08. The van der Waals surface area contributed by atoms with Crippen molar-refractivity contribution < 1.29 is 14.3 Å². The van der Waals surface area contributed by atoms with Crippen molar-refractivity contribution in [2.45, 2.75) is 18.9 Å². The minimum atomic E-state index is -0.143. The molecule has 26 heavy (non-hydrogen) atoms. The Morgan fingerprint density at radius 1 is 1.19 bits per heavy atom. The van der Waals surface area contributed by atoms with E-state index in [4.69, 9.17) is 4.74 Å². The number of piperidine rings is 1. The highest BCUT2D eigenvalue weighted by atomic mass is 32.1. The second kappa shape index (κ2) is 8.96. The van der Waals surface area contributed by atoms with Crippen LogP contribution in [0.3, 0.4) is 0 Å². The van der Waals surface area contributed by atoms with Crippen LogP contribution in [0.15, 0.2) is 47.8 Å². The number of benzene rings is 1. The number of rotatable bonds is 6. The summed E-state index contributed by atoms with van der Waals surface area (Å²) >= 11 is 1.64. The van der Waals surface area contributed by atoms with Gasteiger partial charge in [-0.05, 0) is 42.9 Å². The van der Waals surface area contributed by atoms with E-state index in [1.807, 2.05) is 47.8 Å². The number of carbonyl (C=O) groups is 2. The van der Waals surface area contributed by atoms with Crippen molar-refractivity contribution in [3.63, 3.8) is 0 Å². The Labute approximate surface area is 158 Å². The molecule has 1 aromatic carbocycles. The molecule has 0 spiro atoms. The van der Waals surface area contributed by atoms with Gasteiger partial charge in [0.1, 0.15) is 0 Å². The molecule has 1 aromatic heterocycles. The number of hydrogen-bond donors (Lipinski definition) is 1. The molecule has 0 aliphatic carbocycles. The summed E-state index contributed by atoms with van der Waals surface area (Å²) in [7, 11) is 1.43. The van der Waals surface area contributed by atoms with Gasteiger partial charge in [0, 0.05) is 4.88 Å². The molecule has 0 bridgehead atoms. The minimum absolute atomic E-state index is 0.00349. The summed E-state index contributed by atoms with van der Waals surface area (Å²) in [6.45, 7) is 1.83. The monoisotopic (exact) mass is 372 g/mol. The number of esters is 1. The van der Waals surface area contributed by atoms with Crippen LogP contribution >= 0.6 is 11.3 Å². The maximum atomic E-state index is 12.6. The van der Waals surface area contributed by atoms with Crippen LogP contribution in [0.25, 0.3) is 0 Å². The zero-order valence-electron chi connectivity index (χ0n) is 14.9. The van der Waals surface area contributed by atoms with Crippen molar-refractivity contribution in [1.82, 2.24) is 10.2 Å². The number of methoxy groups -OCH3 is 1. The molecule has 5 nitrogen and oxygen atoms in total. The van der Waals surface area contributed by atoms with Crippen LogP contribution in [-0.4, -0.2) is 43.5 Å². The number of amides is 1. The first-order chi connectivity index (χ1) is 12.7. The third kappa shape index (κ3) is 4.71. The molecule has 6 heteroatoms. The van der Waals surface area contributed by atoms with Gasteiger partial charge in [-0.15, -0.1) is 11.3 Å². The second-order valence-electron chi connectivity index (χ2n) is 6.50. The lowest BCUT2D eigenvalue weighted by molar-refractivity contribution is -0.147. The first kappa shape index (κ1) is 18.6. The molecule has 138 valence electrons. The van der Waals surface area contributed by atoms with Gasteiger partial charge in [-0.3, -0.25) is 14.5 Å². The van der Waals surface area contributed by atoms with E-state index in [1.54, 1.807) is 11.3 Å². The lowest BCUT2D eigenvalue weighted by Crippen LogP contribution is -2.43. The Morgan fingerprint density at radius 2 is 1.92 bits per heavy atom. The standard InChI is InChI=1S/C20H24N2O3S/c1-25-20(24)16-9-11-22(12-10-16)14-18(23)21-19(17-8-5-13-26-17)15-6-3-2-4-7-15/h2-8,13,16,19H,9-12,14H2,1H3,(H,21,23)/t19-/m1/s1. The van der Waals surface area contributed by atoms with E-state index in [2.05, 4.69) is 10.2 Å². The molecule has 1 atom stereocenters. The Kier molecular flexibility index (Phi) is 6.41. The summed E-state index contributed by atoms with van der Waals surface area (Å²) in [5.74, 6) is -0.179. The van der Waals surface area contributed by atoms with Crippen LogP contribution in [0.1, 0.15) is 29.3 Å². The van der Waals surface area contributed by atoms with Crippen LogP contribution in [0.4, 0.5) is 0 Å². The van der Waals surface area contributed by atoms with Gasteiger partial charge >= 0.3 is 5.97 Å². The third-order valence-electron chi connectivity index (χ3n) is 4.76. The number of hydrogen-bond acceptors (Lipinski definition) is 5. The van der Waals surface area contributed by atoms with Gasteiger partial charge in [0.05, 0.1) is 25.6 Å². The molecule has 1 saturated heterocycles. The van der Waals surface area contributed by atoms with Crippen molar-refractivity contribution in [3.05, 3.63) is 58.3 Å². The Bertz CT molecular complexity index is 710. The smallest absolute Gasteiger partial charge is 0.308 e. The maximum absolute atomic E-state index is 12.6. The van der Waals surface area contributed by atoms with Gasteiger partial charge in [-0.25, -0.2) is 0 Å². The fraction of sp³-hybridized carbons (Fsp3) is 0.400. The predicted molar refractivity (Wildman–Crippen MR) is 102 cm³/mol. The zero-order chi connectivity index (χ0) is 18.4. The van der Waals surface area contributed by atoms with E-state index in [0.717, 1.165) is 36.4 Å². The van der Waals surface area contributed by atoms with E-state index in [9.17, 15) is 9.59 Å². The fourth-order valence-corrected chi connectivity index (χ4v) is 4.13. The number of nitrogens with zero attached hydrogens (tertiary/aromatic N) is 1. The molecule has 0 saturated carbocycles. The second-order valence-corrected chi connectivity index (χ2v) is 7.48. The van der Waals surface area contributed by atoms with Crippen LogP contribution in [-0.2, 0) is 14.3 Å². The Morgan fingerprint density at radius 3 is 2.54 bits per heavy atom. The van der Waals surface area contributed by atoms with E-state index < -0.39 is 0 Å². The molecule has 3 rings (SSSR count). The SMILES string of the molecule is COC(=O)C1CCN(CC(=O)N[C@H](c2ccccc2)c2cccs2)CC1. The summed E-state index contributed by atoms with van der Waals surface area (Å²) in [6, 6.07) is 13.9. The molecular weight excluding hydrogens is 348 g/mol. The van der Waals surface area contributed by atoms with E-state index in [-0.39, 0.29) is 23.8 Å². The van der Waals surface area contributed by atoms with E-state index in [0.29, 0.717) is 6.54 Å². The number of thiophene rings is 1. The molecule has 1 aliphatic heterocycles. The predicted octanol–water partition coefficient (Wildman–Crippen LogP) is 2.84. The first-order valence-corrected chi connectivity index (χ1v) is 9.73. The normalized spacial score (nSPS) is 16.8. The summed E-state index contributed by atoms with van der Waals surface area (Å²) < 4.78 is 4.81. The highest BCUT2D eigenvalue weighted by molar-refractivity contribution is 7.10. The summed E-state index contributed by atoms with van der Waals surface area (Å²) in [6.07, 6.45) is 1.49. The van der Waals surface area contributed by atoms with Gasteiger partial charge in [-0.2, -0.15) is 0 Å². The van der Waals surface area contributed by atoms with Crippen LogP contribution < -0.4 is 5.32 Å². The topological polar surface area (TPSA) is 58.6 Å². The number of ether oxygens (including phenoxy) is 1. The van der Waals surface area contributed by atoms with Crippen molar-refractivity contribution in [3.8, 4) is 0 Å². The fourth-order valence-electron chi connectivity index (χ4n) is 3.32. The summed E-state index contributed by atoms with van der Waals surface area (Å²) in [4.78, 5) is 27.5. The van der Waals surface area contributed by atoms with Gasteiger partial charge in [0.2, 0.25) is 5.91 Å². The number of nitrogens with one attached hydrogen (secondary N) is 1. The molecule has 1 fully saturated rings. The molecule has 1 aliphatic rings. The van der Waals surface area contributed by atoms with Crippen LogP contribution in [0, 0.1) is 5.92 Å². The summed E-state index contributed by atoms with van der Waals surface area (Å²) in [5, 5.41) is 5.19. The molecule has 2 aromatic rings. The maximum Gasteiger partial charge on any atom is 0.308 e. The molecule has 1 N–H and O–H groups in total. The molecular formula is C20H24N2O3S. The van der Waals surface area contributed by atoms with Crippen molar-refractivity contribution >= 4 is 23.2 Å². The zero-order valence-corrected chi connectivity index (χ0v) is 15.7. The highest BCUT2D eigenvalue weighted by Crippen LogP contribution is 2.26. The lowest BCUT2D eigenvalue weighted by atomic mass is 9.97. The number of carbonyl (C=O) groups excluding carboxylic acids is 2. The molecule has 0 unspecified atom stereocenters. The third-order valence-corrected chi connectivity index (χ3v) is 5.69. The minimum Gasteiger partial charge on any atom is -0.469 e. The average molecular weight is 372 g/mol. The molecule has 1 amide bonds. The lowest BCUT2D eigenvalue weighted by Gasteiger charge is -2.30. The Hall–Kier alpha value is -2.18.